The highest BCUT2D eigenvalue weighted by Crippen LogP contribution is 2.26. The summed E-state index contributed by atoms with van der Waals surface area (Å²) in [7, 11) is 1.65. The largest absolute Gasteiger partial charge is 0.397 e. The van der Waals surface area contributed by atoms with Crippen LogP contribution < -0.4 is 11.1 Å². The Morgan fingerprint density at radius 2 is 2.05 bits per heavy atom. The molecular weight excluding hydrogens is 243 g/mol. The van der Waals surface area contributed by atoms with Crippen LogP contribution in [0.4, 0.5) is 21.5 Å². The average molecular weight is 260 g/mol. The SMILES string of the molecule is COCc1cccc(Nc2cc(C)c(F)cc2N)c1. The fourth-order valence-corrected chi connectivity index (χ4v) is 1.87. The zero-order valence-corrected chi connectivity index (χ0v) is 11.0. The fraction of sp³-hybridized carbons (Fsp3) is 0.200. The zero-order valence-electron chi connectivity index (χ0n) is 11.0. The smallest absolute Gasteiger partial charge is 0.128 e. The van der Waals surface area contributed by atoms with Gasteiger partial charge in [-0.25, -0.2) is 4.39 Å². The lowest BCUT2D eigenvalue weighted by molar-refractivity contribution is 0.185. The molecule has 0 aromatic heterocycles. The molecule has 0 unspecified atom stereocenters. The maximum Gasteiger partial charge on any atom is 0.128 e. The number of anilines is 3. The number of nitrogens with one attached hydrogen (secondary N) is 1. The van der Waals surface area contributed by atoms with E-state index in [-0.39, 0.29) is 5.82 Å². The molecule has 2 aromatic rings. The van der Waals surface area contributed by atoms with Gasteiger partial charge >= 0.3 is 0 Å². The van der Waals surface area contributed by atoms with Gasteiger partial charge in [0.2, 0.25) is 0 Å². The molecule has 0 fully saturated rings. The van der Waals surface area contributed by atoms with Crippen LogP contribution in [0.5, 0.6) is 0 Å². The minimum atomic E-state index is -0.295. The molecule has 2 aromatic carbocycles. The molecule has 0 saturated heterocycles. The van der Waals surface area contributed by atoms with Gasteiger partial charge in [0.25, 0.3) is 0 Å². The van der Waals surface area contributed by atoms with Gasteiger partial charge < -0.3 is 15.8 Å². The van der Waals surface area contributed by atoms with Crippen molar-refractivity contribution < 1.29 is 9.13 Å². The molecule has 0 aliphatic heterocycles. The van der Waals surface area contributed by atoms with Crippen LogP contribution in [0.25, 0.3) is 0 Å². The number of benzene rings is 2. The number of rotatable bonds is 4. The topological polar surface area (TPSA) is 47.3 Å². The predicted molar refractivity (Wildman–Crippen MR) is 76.0 cm³/mol. The van der Waals surface area contributed by atoms with E-state index >= 15 is 0 Å². The van der Waals surface area contributed by atoms with E-state index in [4.69, 9.17) is 10.5 Å². The number of hydrogen-bond acceptors (Lipinski definition) is 3. The van der Waals surface area contributed by atoms with Crippen LogP contribution in [0.3, 0.4) is 0 Å². The van der Waals surface area contributed by atoms with E-state index in [0.717, 1.165) is 11.3 Å². The van der Waals surface area contributed by atoms with Gasteiger partial charge in [-0.1, -0.05) is 12.1 Å². The maximum atomic E-state index is 13.3. The van der Waals surface area contributed by atoms with Crippen molar-refractivity contribution in [1.29, 1.82) is 0 Å². The summed E-state index contributed by atoms with van der Waals surface area (Å²) in [5.74, 6) is -0.295. The number of hydrogen-bond donors (Lipinski definition) is 2. The summed E-state index contributed by atoms with van der Waals surface area (Å²) in [6, 6.07) is 10.8. The summed E-state index contributed by atoms with van der Waals surface area (Å²) in [5.41, 5.74) is 9.41. The minimum Gasteiger partial charge on any atom is -0.397 e. The van der Waals surface area contributed by atoms with Gasteiger partial charge in [-0.2, -0.15) is 0 Å². The molecule has 0 heterocycles. The molecule has 0 spiro atoms. The van der Waals surface area contributed by atoms with Crippen LogP contribution in [0, 0.1) is 12.7 Å². The number of aryl methyl sites for hydroxylation is 1. The molecule has 100 valence electrons. The van der Waals surface area contributed by atoms with Crippen LogP contribution in [0.1, 0.15) is 11.1 Å². The lowest BCUT2D eigenvalue weighted by atomic mass is 10.1. The molecule has 3 nitrogen and oxygen atoms in total. The molecular formula is C15H17FN2O. The van der Waals surface area contributed by atoms with Gasteiger partial charge in [0.15, 0.2) is 0 Å². The van der Waals surface area contributed by atoms with Crippen LogP contribution >= 0.6 is 0 Å². The van der Waals surface area contributed by atoms with E-state index < -0.39 is 0 Å². The molecule has 0 aliphatic rings. The molecule has 0 aliphatic carbocycles. The lowest BCUT2D eigenvalue weighted by Crippen LogP contribution is -1.99. The zero-order chi connectivity index (χ0) is 13.8. The van der Waals surface area contributed by atoms with Gasteiger partial charge in [-0.3, -0.25) is 0 Å². The van der Waals surface area contributed by atoms with Crippen molar-refractivity contribution in [3.8, 4) is 0 Å². The van der Waals surface area contributed by atoms with Gasteiger partial charge in [-0.15, -0.1) is 0 Å². The van der Waals surface area contributed by atoms with Crippen molar-refractivity contribution in [2.45, 2.75) is 13.5 Å². The Morgan fingerprint density at radius 3 is 2.79 bits per heavy atom. The third kappa shape index (κ3) is 3.23. The third-order valence-corrected chi connectivity index (χ3v) is 2.85. The quantitative estimate of drug-likeness (QED) is 0.826. The van der Waals surface area contributed by atoms with E-state index in [2.05, 4.69) is 5.32 Å². The number of nitrogen functional groups attached to an aromatic ring is 1. The van der Waals surface area contributed by atoms with E-state index in [9.17, 15) is 4.39 Å². The first kappa shape index (κ1) is 13.4. The van der Waals surface area contributed by atoms with Crippen LogP contribution in [0.2, 0.25) is 0 Å². The summed E-state index contributed by atoms with van der Waals surface area (Å²) in [6.07, 6.45) is 0. The average Bonchev–Trinajstić information content (AvgIpc) is 2.37. The van der Waals surface area contributed by atoms with Crippen LogP contribution in [0.15, 0.2) is 36.4 Å². The Kier molecular flexibility index (Phi) is 4.02. The lowest BCUT2D eigenvalue weighted by Gasteiger charge is -2.12. The molecule has 0 radical (unpaired) electrons. The number of methoxy groups -OCH3 is 1. The Bertz CT molecular complexity index is 584. The van der Waals surface area contributed by atoms with Crippen molar-refractivity contribution in [1.82, 2.24) is 0 Å². The highest BCUT2D eigenvalue weighted by atomic mass is 19.1. The molecule has 0 bridgehead atoms. The normalized spacial score (nSPS) is 10.5. The monoisotopic (exact) mass is 260 g/mol. The van der Waals surface area contributed by atoms with E-state index in [1.165, 1.54) is 6.07 Å². The molecule has 4 heteroatoms. The number of nitrogens with two attached hydrogens (primary N) is 1. The molecule has 0 atom stereocenters. The predicted octanol–water partition coefficient (Wildman–Crippen LogP) is 3.61. The molecule has 0 saturated carbocycles. The fourth-order valence-electron chi connectivity index (χ4n) is 1.87. The van der Waals surface area contributed by atoms with Crippen molar-refractivity contribution in [3.05, 3.63) is 53.3 Å². The highest BCUT2D eigenvalue weighted by molar-refractivity contribution is 5.73. The molecule has 0 amide bonds. The first-order valence-electron chi connectivity index (χ1n) is 6.00. The Hall–Kier alpha value is -2.07. The summed E-state index contributed by atoms with van der Waals surface area (Å²) in [4.78, 5) is 0. The second-order valence-electron chi connectivity index (χ2n) is 4.45. The number of ether oxygens (including phenoxy) is 1. The summed E-state index contributed by atoms with van der Waals surface area (Å²) in [5, 5.41) is 3.19. The summed E-state index contributed by atoms with van der Waals surface area (Å²) >= 11 is 0. The van der Waals surface area contributed by atoms with Gasteiger partial charge in [0.1, 0.15) is 5.82 Å². The van der Waals surface area contributed by atoms with E-state index in [1.54, 1.807) is 20.1 Å². The van der Waals surface area contributed by atoms with E-state index in [1.807, 2.05) is 24.3 Å². The second kappa shape index (κ2) is 5.71. The standard InChI is InChI=1S/C15H17FN2O/c1-10-6-15(14(17)8-13(10)16)18-12-5-3-4-11(7-12)9-19-2/h3-8,18H,9,17H2,1-2H3. The summed E-state index contributed by atoms with van der Waals surface area (Å²) in [6.45, 7) is 2.26. The second-order valence-corrected chi connectivity index (χ2v) is 4.45. The molecule has 19 heavy (non-hydrogen) atoms. The number of halogens is 1. The van der Waals surface area contributed by atoms with Gasteiger partial charge in [0.05, 0.1) is 18.0 Å². The highest BCUT2D eigenvalue weighted by Gasteiger charge is 2.05. The van der Waals surface area contributed by atoms with Crippen molar-refractivity contribution >= 4 is 17.1 Å². The first-order chi connectivity index (χ1) is 9.10. The third-order valence-electron chi connectivity index (χ3n) is 2.85. The van der Waals surface area contributed by atoms with E-state index in [0.29, 0.717) is 23.5 Å². The van der Waals surface area contributed by atoms with Gasteiger partial charge in [-0.05, 0) is 42.3 Å². The molecule has 3 N–H and O–H groups in total. The summed E-state index contributed by atoms with van der Waals surface area (Å²) < 4.78 is 18.4. The van der Waals surface area contributed by atoms with Crippen molar-refractivity contribution in [2.75, 3.05) is 18.2 Å². The maximum absolute atomic E-state index is 13.3. The van der Waals surface area contributed by atoms with Gasteiger partial charge in [0, 0.05) is 12.8 Å². The Balaban J connectivity index is 2.25. The van der Waals surface area contributed by atoms with Crippen molar-refractivity contribution in [3.63, 3.8) is 0 Å². The van der Waals surface area contributed by atoms with Crippen LogP contribution in [-0.4, -0.2) is 7.11 Å². The minimum absolute atomic E-state index is 0.295. The Morgan fingerprint density at radius 1 is 1.26 bits per heavy atom. The Labute approximate surface area is 112 Å². The van der Waals surface area contributed by atoms with Crippen molar-refractivity contribution in [2.24, 2.45) is 0 Å². The first-order valence-corrected chi connectivity index (χ1v) is 6.00. The van der Waals surface area contributed by atoms with Crippen LogP contribution in [-0.2, 0) is 11.3 Å². The molecule has 2 rings (SSSR count).